The molecule has 6 heteroatoms. The van der Waals surface area contributed by atoms with Crippen molar-refractivity contribution < 1.29 is 24.2 Å². The van der Waals surface area contributed by atoms with E-state index in [2.05, 4.69) is 5.32 Å². The third-order valence-electron chi connectivity index (χ3n) is 2.80. The summed E-state index contributed by atoms with van der Waals surface area (Å²) in [6.07, 6.45) is 0. The number of amides is 1. The van der Waals surface area contributed by atoms with Crippen molar-refractivity contribution in [3.05, 3.63) is 54.1 Å². The summed E-state index contributed by atoms with van der Waals surface area (Å²) in [6.45, 7) is -0.546. The molecule has 1 N–H and O–H groups in total. The molecule has 0 saturated carbocycles. The molecule has 0 fully saturated rings. The zero-order valence-electron chi connectivity index (χ0n) is 11.9. The highest BCUT2D eigenvalue weighted by Gasteiger charge is 2.07. The predicted molar refractivity (Wildman–Crippen MR) is 77.9 cm³/mol. The molecule has 6 nitrogen and oxygen atoms in total. The second kappa shape index (κ2) is 7.12. The monoisotopic (exact) mass is 300 g/mol. The van der Waals surface area contributed by atoms with Crippen molar-refractivity contribution in [3.63, 3.8) is 0 Å². The Kier molecular flexibility index (Phi) is 4.98. The average Bonchev–Trinajstić information content (AvgIpc) is 2.53. The minimum absolute atomic E-state index is 0.292. The topological polar surface area (TPSA) is 87.7 Å². The van der Waals surface area contributed by atoms with E-state index < -0.39 is 12.6 Å². The second-order valence-electron chi connectivity index (χ2n) is 4.37. The summed E-state index contributed by atoms with van der Waals surface area (Å²) in [5.74, 6) is -0.613. The lowest BCUT2D eigenvalue weighted by atomic mass is 10.2. The van der Waals surface area contributed by atoms with E-state index in [1.54, 1.807) is 49.6 Å². The van der Waals surface area contributed by atoms with E-state index in [1.807, 2.05) is 0 Å². The van der Waals surface area contributed by atoms with Gasteiger partial charge in [-0.15, -0.1) is 0 Å². The van der Waals surface area contributed by atoms with Gasteiger partial charge in [-0.25, -0.2) is 0 Å². The summed E-state index contributed by atoms with van der Waals surface area (Å²) in [6, 6.07) is 13.1. The van der Waals surface area contributed by atoms with Gasteiger partial charge in [-0.1, -0.05) is 6.07 Å². The largest absolute Gasteiger partial charge is 0.546 e. The molecule has 0 saturated heterocycles. The number of hydrogen-bond acceptors (Lipinski definition) is 5. The number of carboxylic acids is 1. The van der Waals surface area contributed by atoms with Crippen molar-refractivity contribution in [1.82, 2.24) is 0 Å². The maximum atomic E-state index is 12.1. The molecule has 0 radical (unpaired) electrons. The Morgan fingerprint density at radius 2 is 1.82 bits per heavy atom. The van der Waals surface area contributed by atoms with Crippen LogP contribution in [-0.2, 0) is 4.79 Å². The number of anilines is 1. The number of methoxy groups -OCH3 is 1. The Balaban J connectivity index is 2.04. The molecule has 0 bridgehead atoms. The number of nitrogens with one attached hydrogen (secondary N) is 1. The molecule has 0 aliphatic carbocycles. The molecule has 2 aromatic rings. The van der Waals surface area contributed by atoms with Gasteiger partial charge >= 0.3 is 0 Å². The first-order valence-corrected chi connectivity index (χ1v) is 6.46. The molecule has 1 amide bonds. The van der Waals surface area contributed by atoms with Crippen LogP contribution in [0.5, 0.6) is 11.5 Å². The highest BCUT2D eigenvalue weighted by atomic mass is 16.5. The van der Waals surface area contributed by atoms with Gasteiger partial charge in [-0.2, -0.15) is 0 Å². The quantitative estimate of drug-likeness (QED) is 0.862. The fraction of sp³-hybridized carbons (Fsp3) is 0.125. The smallest absolute Gasteiger partial charge is 0.255 e. The first-order chi connectivity index (χ1) is 10.6. The second-order valence-corrected chi connectivity index (χ2v) is 4.37. The van der Waals surface area contributed by atoms with E-state index >= 15 is 0 Å². The van der Waals surface area contributed by atoms with Gasteiger partial charge in [-0.05, 0) is 36.4 Å². The normalized spacial score (nSPS) is 9.86. The van der Waals surface area contributed by atoms with Crippen LogP contribution < -0.4 is 19.9 Å². The first kappa shape index (κ1) is 15.4. The van der Waals surface area contributed by atoms with Crippen molar-refractivity contribution in [2.75, 3.05) is 19.0 Å². The maximum Gasteiger partial charge on any atom is 0.255 e. The highest BCUT2D eigenvalue weighted by Crippen LogP contribution is 2.18. The molecule has 0 unspecified atom stereocenters. The number of rotatable bonds is 6. The molecule has 2 aromatic carbocycles. The zero-order chi connectivity index (χ0) is 15.9. The van der Waals surface area contributed by atoms with Crippen LogP contribution >= 0.6 is 0 Å². The lowest BCUT2D eigenvalue weighted by Crippen LogP contribution is -2.28. The van der Waals surface area contributed by atoms with Crippen LogP contribution in [0.1, 0.15) is 10.4 Å². The van der Waals surface area contributed by atoms with Gasteiger partial charge < -0.3 is 24.7 Å². The molecule has 0 atom stereocenters. The molecular weight excluding hydrogens is 286 g/mol. The Labute approximate surface area is 127 Å². The van der Waals surface area contributed by atoms with Crippen LogP contribution in [0.3, 0.4) is 0 Å². The van der Waals surface area contributed by atoms with E-state index in [-0.39, 0.29) is 5.91 Å². The average molecular weight is 300 g/mol. The van der Waals surface area contributed by atoms with Crippen molar-refractivity contribution in [3.8, 4) is 11.5 Å². The SMILES string of the molecule is COc1ccc(C(=O)Nc2cccc(OCC(=O)[O-])c2)cc1. The van der Waals surface area contributed by atoms with E-state index in [9.17, 15) is 14.7 Å². The zero-order valence-corrected chi connectivity index (χ0v) is 11.9. The number of benzene rings is 2. The molecule has 114 valence electrons. The molecule has 22 heavy (non-hydrogen) atoms. The molecular formula is C16H14NO5-. The summed E-state index contributed by atoms with van der Waals surface area (Å²) in [5.41, 5.74) is 0.971. The Bertz CT molecular complexity index is 666. The summed E-state index contributed by atoms with van der Waals surface area (Å²) < 4.78 is 10.0. The van der Waals surface area contributed by atoms with Crippen molar-refractivity contribution in [2.45, 2.75) is 0 Å². The highest BCUT2D eigenvalue weighted by molar-refractivity contribution is 6.04. The van der Waals surface area contributed by atoms with Crippen LogP contribution in [0, 0.1) is 0 Å². The van der Waals surface area contributed by atoms with E-state index in [1.165, 1.54) is 6.07 Å². The summed E-state index contributed by atoms with van der Waals surface area (Å²) in [4.78, 5) is 22.5. The van der Waals surface area contributed by atoms with Gasteiger partial charge in [0.25, 0.3) is 5.91 Å². The Hall–Kier alpha value is -3.02. The molecule has 0 spiro atoms. The standard InChI is InChI=1S/C16H15NO5/c1-21-13-7-5-11(6-8-13)16(20)17-12-3-2-4-14(9-12)22-10-15(18)19/h2-9H,10H2,1H3,(H,17,20)(H,18,19)/p-1. The maximum absolute atomic E-state index is 12.1. The minimum Gasteiger partial charge on any atom is -0.546 e. The number of carbonyl (C=O) groups is 2. The van der Waals surface area contributed by atoms with Gasteiger partial charge in [0.05, 0.1) is 13.1 Å². The fourth-order valence-corrected chi connectivity index (χ4v) is 1.75. The third kappa shape index (κ3) is 4.24. The van der Waals surface area contributed by atoms with Crippen molar-refractivity contribution in [1.29, 1.82) is 0 Å². The lowest BCUT2D eigenvalue weighted by molar-refractivity contribution is -0.307. The minimum atomic E-state index is -1.31. The first-order valence-electron chi connectivity index (χ1n) is 6.46. The molecule has 2 rings (SSSR count). The van der Waals surface area contributed by atoms with Crippen LogP contribution in [0.25, 0.3) is 0 Å². The van der Waals surface area contributed by atoms with Crippen LogP contribution in [0.15, 0.2) is 48.5 Å². The van der Waals surface area contributed by atoms with E-state index in [0.717, 1.165) is 0 Å². The molecule has 0 aliphatic heterocycles. The third-order valence-corrected chi connectivity index (χ3v) is 2.80. The number of aliphatic carboxylic acids is 1. The van der Waals surface area contributed by atoms with Gasteiger partial charge in [0.1, 0.15) is 18.1 Å². The van der Waals surface area contributed by atoms with Gasteiger partial charge in [0.15, 0.2) is 0 Å². The number of ether oxygens (including phenoxy) is 2. The van der Waals surface area contributed by atoms with Crippen molar-refractivity contribution >= 4 is 17.6 Å². The number of hydrogen-bond donors (Lipinski definition) is 1. The van der Waals surface area contributed by atoms with E-state index in [4.69, 9.17) is 9.47 Å². The number of carboxylic acid groups (broad SMARTS) is 1. The Morgan fingerprint density at radius 3 is 2.45 bits per heavy atom. The molecule has 0 heterocycles. The van der Waals surface area contributed by atoms with Crippen LogP contribution in [-0.4, -0.2) is 25.6 Å². The molecule has 0 aromatic heterocycles. The summed E-state index contributed by atoms with van der Waals surface area (Å²) in [7, 11) is 1.55. The van der Waals surface area contributed by atoms with Crippen LogP contribution in [0.4, 0.5) is 5.69 Å². The summed E-state index contributed by atoms with van der Waals surface area (Å²) >= 11 is 0. The van der Waals surface area contributed by atoms with Crippen LogP contribution in [0.2, 0.25) is 0 Å². The van der Waals surface area contributed by atoms with Gasteiger partial charge in [0, 0.05) is 17.3 Å². The summed E-state index contributed by atoms with van der Waals surface area (Å²) in [5, 5.41) is 13.1. The Morgan fingerprint density at radius 1 is 1.09 bits per heavy atom. The van der Waals surface area contributed by atoms with E-state index in [0.29, 0.717) is 22.7 Å². The fourth-order valence-electron chi connectivity index (χ4n) is 1.75. The molecule has 0 aliphatic rings. The van der Waals surface area contributed by atoms with Gasteiger partial charge in [-0.3, -0.25) is 4.79 Å². The number of carbonyl (C=O) groups excluding carboxylic acids is 2. The van der Waals surface area contributed by atoms with Gasteiger partial charge in [0.2, 0.25) is 0 Å². The lowest BCUT2D eigenvalue weighted by Gasteiger charge is -2.10. The van der Waals surface area contributed by atoms with Crippen molar-refractivity contribution in [2.24, 2.45) is 0 Å². The predicted octanol–water partition coefficient (Wildman–Crippen LogP) is 1.08.